The van der Waals surface area contributed by atoms with E-state index in [1.165, 1.54) is 6.07 Å². The van der Waals surface area contributed by atoms with Crippen molar-refractivity contribution in [2.75, 3.05) is 56.2 Å². The quantitative estimate of drug-likeness (QED) is 0.608. The van der Waals surface area contributed by atoms with Crippen LogP contribution >= 0.6 is 0 Å². The smallest absolute Gasteiger partial charge is 0.260 e. The minimum Gasteiger partial charge on any atom is -0.378 e. The number of piperidine rings is 1. The highest BCUT2D eigenvalue weighted by atomic mass is 19.3. The van der Waals surface area contributed by atoms with E-state index in [1.54, 1.807) is 24.5 Å². The average Bonchev–Trinajstić information content (AvgIpc) is 2.82. The molecule has 4 heterocycles. The van der Waals surface area contributed by atoms with E-state index >= 15 is 0 Å². The first-order chi connectivity index (χ1) is 16.0. The number of hydrogen-bond donors (Lipinski definition) is 2. The molecule has 0 aliphatic carbocycles. The molecule has 2 saturated heterocycles. The summed E-state index contributed by atoms with van der Waals surface area (Å²) >= 11 is 0. The van der Waals surface area contributed by atoms with Crippen molar-refractivity contribution in [3.8, 4) is 11.3 Å². The summed E-state index contributed by atoms with van der Waals surface area (Å²) in [7, 11) is 0. The van der Waals surface area contributed by atoms with Crippen molar-refractivity contribution in [1.29, 1.82) is 0 Å². The van der Waals surface area contributed by atoms with Crippen LogP contribution < -0.4 is 15.5 Å². The fourth-order valence-corrected chi connectivity index (χ4v) is 4.38. The molecule has 0 bridgehead atoms. The highest BCUT2D eigenvalue weighted by molar-refractivity contribution is 5.88. The zero-order valence-corrected chi connectivity index (χ0v) is 18.0. The van der Waals surface area contributed by atoms with Crippen LogP contribution in [0.15, 0.2) is 36.7 Å². The van der Waals surface area contributed by atoms with E-state index in [1.807, 2.05) is 11.0 Å². The van der Waals surface area contributed by atoms with Gasteiger partial charge in [-0.1, -0.05) is 6.07 Å². The molecule has 33 heavy (non-hydrogen) atoms. The van der Waals surface area contributed by atoms with E-state index in [9.17, 15) is 13.2 Å². The summed E-state index contributed by atoms with van der Waals surface area (Å²) in [6.45, 7) is 2.95. The molecule has 10 heteroatoms. The van der Waals surface area contributed by atoms with Gasteiger partial charge >= 0.3 is 0 Å². The summed E-state index contributed by atoms with van der Waals surface area (Å²) in [6.07, 6.45) is 2.94. The number of nitrogens with one attached hydrogen (secondary N) is 2. The van der Waals surface area contributed by atoms with E-state index < -0.39 is 5.92 Å². The van der Waals surface area contributed by atoms with Gasteiger partial charge in [0.25, 0.3) is 5.92 Å². The van der Waals surface area contributed by atoms with Gasteiger partial charge in [0, 0.05) is 50.6 Å². The summed E-state index contributed by atoms with van der Waals surface area (Å²) in [4.78, 5) is 15.3. The van der Waals surface area contributed by atoms with Crippen LogP contribution in [0.4, 0.5) is 24.7 Å². The van der Waals surface area contributed by atoms with E-state index in [4.69, 9.17) is 4.74 Å². The number of anilines is 2. The van der Waals surface area contributed by atoms with E-state index in [-0.39, 0.29) is 24.7 Å². The predicted molar refractivity (Wildman–Crippen MR) is 120 cm³/mol. The van der Waals surface area contributed by atoms with Crippen LogP contribution in [0, 0.1) is 11.7 Å². The van der Waals surface area contributed by atoms with Crippen molar-refractivity contribution in [2.24, 2.45) is 5.92 Å². The fourth-order valence-electron chi connectivity index (χ4n) is 4.38. The Morgan fingerprint density at radius 2 is 1.97 bits per heavy atom. The number of fused-ring (bicyclic) bond motifs is 1. The number of pyridine rings is 1. The fraction of sp³-hybridized carbons (Fsp3) is 0.435. The number of benzene rings is 1. The van der Waals surface area contributed by atoms with Crippen molar-refractivity contribution in [1.82, 2.24) is 20.3 Å². The topological polar surface area (TPSA) is 75.2 Å². The highest BCUT2D eigenvalue weighted by Crippen LogP contribution is 2.30. The molecule has 2 aliphatic heterocycles. The molecule has 5 rings (SSSR count). The minimum atomic E-state index is -2.72. The number of rotatable bonds is 5. The molecule has 0 amide bonds. The predicted octanol–water partition coefficient (Wildman–Crippen LogP) is 3.32. The maximum absolute atomic E-state index is 15.0. The Bertz CT molecular complexity index is 1140. The number of morpholine rings is 1. The second kappa shape index (κ2) is 9.11. The number of alkyl halides is 2. The Balaban J connectivity index is 1.42. The van der Waals surface area contributed by atoms with Crippen LogP contribution in [0.5, 0.6) is 0 Å². The molecule has 7 nitrogen and oxygen atoms in total. The second-order valence-corrected chi connectivity index (χ2v) is 8.48. The third kappa shape index (κ3) is 4.86. The molecule has 2 N–H and O–H groups in total. The van der Waals surface area contributed by atoms with Gasteiger partial charge in [0.05, 0.1) is 36.7 Å². The summed E-state index contributed by atoms with van der Waals surface area (Å²) in [6, 6.07) is 6.80. The molecular weight excluding hydrogens is 433 g/mol. The lowest BCUT2D eigenvalue weighted by Crippen LogP contribution is -2.45. The standard InChI is InChI=1S/C23H25F3N6O/c24-17-9-16(1-2-20(17)32-5-7-33-8-6-32)18-10-19-21(29-4-3-28-19)22(31-18)30-13-15-11-23(25,26)14-27-12-15/h1-4,9-10,15,27H,5-8,11-14H2,(H,30,31). The third-order valence-corrected chi connectivity index (χ3v) is 6.01. The largest absolute Gasteiger partial charge is 0.378 e. The molecule has 0 saturated carbocycles. The molecule has 1 aromatic carbocycles. The van der Waals surface area contributed by atoms with Crippen molar-refractivity contribution in [3.63, 3.8) is 0 Å². The van der Waals surface area contributed by atoms with E-state index in [0.717, 1.165) is 0 Å². The normalized spacial score (nSPS) is 20.7. The number of hydrogen-bond acceptors (Lipinski definition) is 7. The highest BCUT2D eigenvalue weighted by Gasteiger charge is 2.36. The molecule has 1 unspecified atom stereocenters. The first kappa shape index (κ1) is 21.8. The lowest BCUT2D eigenvalue weighted by atomic mass is 9.97. The Morgan fingerprint density at radius 1 is 1.15 bits per heavy atom. The minimum absolute atomic E-state index is 0.190. The average molecular weight is 458 g/mol. The van der Waals surface area contributed by atoms with Gasteiger partial charge in [0.1, 0.15) is 11.3 Å². The van der Waals surface area contributed by atoms with Crippen LogP contribution in [0.25, 0.3) is 22.3 Å². The van der Waals surface area contributed by atoms with E-state index in [2.05, 4.69) is 25.6 Å². The molecular formula is C23H25F3N6O. The first-order valence-corrected chi connectivity index (χ1v) is 11.1. The van der Waals surface area contributed by atoms with Gasteiger partial charge in [0.15, 0.2) is 5.82 Å². The molecule has 2 fully saturated rings. The van der Waals surface area contributed by atoms with Crippen molar-refractivity contribution >= 4 is 22.5 Å². The van der Waals surface area contributed by atoms with Gasteiger partial charge in [-0.05, 0) is 24.1 Å². The summed E-state index contributed by atoms with van der Waals surface area (Å²) in [5, 5.41) is 5.96. The SMILES string of the molecule is Fc1cc(-c2cc3nccnc3c(NCC3CNCC(F)(F)C3)n2)ccc1N1CCOCC1. The van der Waals surface area contributed by atoms with Crippen molar-refractivity contribution in [3.05, 3.63) is 42.5 Å². The van der Waals surface area contributed by atoms with Gasteiger partial charge in [-0.2, -0.15) is 0 Å². The summed E-state index contributed by atoms with van der Waals surface area (Å²) < 4.78 is 47.8. The number of halogens is 3. The van der Waals surface area contributed by atoms with Gasteiger partial charge in [-0.25, -0.2) is 23.1 Å². The Hall–Kier alpha value is -2.98. The summed E-state index contributed by atoms with van der Waals surface area (Å²) in [5.41, 5.74) is 2.81. The summed E-state index contributed by atoms with van der Waals surface area (Å²) in [5.74, 6) is -2.86. The molecule has 0 radical (unpaired) electrons. The number of nitrogens with zero attached hydrogens (tertiary/aromatic N) is 4. The van der Waals surface area contributed by atoms with E-state index in [0.29, 0.717) is 73.2 Å². The molecule has 2 aromatic heterocycles. The maximum Gasteiger partial charge on any atom is 0.260 e. The van der Waals surface area contributed by atoms with Gasteiger partial charge in [0.2, 0.25) is 0 Å². The Morgan fingerprint density at radius 3 is 2.76 bits per heavy atom. The molecule has 3 aromatic rings. The maximum atomic E-state index is 15.0. The number of ether oxygens (including phenoxy) is 1. The van der Waals surface area contributed by atoms with Crippen LogP contribution in [-0.4, -0.2) is 66.8 Å². The van der Waals surface area contributed by atoms with Crippen LogP contribution in [0.2, 0.25) is 0 Å². The lowest BCUT2D eigenvalue weighted by Gasteiger charge is -2.30. The Labute approximate surface area is 189 Å². The van der Waals surface area contributed by atoms with Gasteiger partial charge < -0.3 is 20.3 Å². The van der Waals surface area contributed by atoms with Crippen molar-refractivity contribution in [2.45, 2.75) is 12.3 Å². The monoisotopic (exact) mass is 458 g/mol. The Kier molecular flexibility index (Phi) is 6.03. The van der Waals surface area contributed by atoms with Crippen LogP contribution in [0.1, 0.15) is 6.42 Å². The molecule has 2 aliphatic rings. The first-order valence-electron chi connectivity index (χ1n) is 11.1. The van der Waals surface area contributed by atoms with Crippen LogP contribution in [-0.2, 0) is 4.74 Å². The van der Waals surface area contributed by atoms with Gasteiger partial charge in [-0.15, -0.1) is 0 Å². The lowest BCUT2D eigenvalue weighted by molar-refractivity contribution is -0.0370. The third-order valence-electron chi connectivity index (χ3n) is 6.01. The van der Waals surface area contributed by atoms with Gasteiger partial charge in [-0.3, -0.25) is 4.98 Å². The zero-order valence-electron chi connectivity index (χ0n) is 18.0. The number of aromatic nitrogens is 3. The second-order valence-electron chi connectivity index (χ2n) is 8.48. The molecule has 0 spiro atoms. The molecule has 1 atom stereocenters. The van der Waals surface area contributed by atoms with Crippen LogP contribution in [0.3, 0.4) is 0 Å². The zero-order chi connectivity index (χ0) is 22.8. The molecule has 174 valence electrons. The van der Waals surface area contributed by atoms with Crippen molar-refractivity contribution < 1.29 is 17.9 Å².